The lowest BCUT2D eigenvalue weighted by molar-refractivity contribution is 0.701. The number of aromatic nitrogens is 1. The first-order valence-electron chi connectivity index (χ1n) is 5.93. The Morgan fingerprint density at radius 3 is 2.47 bits per heavy atom. The maximum atomic E-state index is 5.82. The van der Waals surface area contributed by atoms with Crippen molar-refractivity contribution in [2.45, 2.75) is 40.7 Å². The van der Waals surface area contributed by atoms with Crippen LogP contribution in [0.5, 0.6) is 0 Å². The molecule has 17 heavy (non-hydrogen) atoms. The molecule has 0 saturated heterocycles. The molecule has 0 saturated carbocycles. The van der Waals surface area contributed by atoms with Crippen molar-refractivity contribution in [2.75, 3.05) is 11.4 Å². The minimum Gasteiger partial charge on any atom is -0.389 e. The monoisotopic (exact) mass is 251 g/mol. The summed E-state index contributed by atoms with van der Waals surface area (Å²) in [5.74, 6) is 0. The van der Waals surface area contributed by atoms with E-state index >= 15 is 0 Å². The van der Waals surface area contributed by atoms with E-state index in [2.05, 4.69) is 36.7 Å². The summed E-state index contributed by atoms with van der Waals surface area (Å²) in [5.41, 5.74) is 9.73. The zero-order valence-electron chi connectivity index (χ0n) is 11.2. The second-order valence-corrected chi connectivity index (χ2v) is 4.93. The van der Waals surface area contributed by atoms with Crippen LogP contribution in [0.4, 0.5) is 5.69 Å². The number of hydrogen-bond acceptors (Lipinski definition) is 3. The van der Waals surface area contributed by atoms with E-state index < -0.39 is 0 Å². The Morgan fingerprint density at radius 2 is 2.06 bits per heavy atom. The van der Waals surface area contributed by atoms with Crippen LogP contribution in [0.1, 0.15) is 37.7 Å². The summed E-state index contributed by atoms with van der Waals surface area (Å²) in [6, 6.07) is 2.47. The van der Waals surface area contributed by atoms with E-state index in [1.54, 1.807) is 0 Å². The van der Waals surface area contributed by atoms with Crippen molar-refractivity contribution < 1.29 is 0 Å². The number of thiocarbonyl (C=S) groups is 1. The minimum absolute atomic E-state index is 0.411. The van der Waals surface area contributed by atoms with Gasteiger partial charge in [0.25, 0.3) is 0 Å². The third kappa shape index (κ3) is 2.94. The van der Waals surface area contributed by atoms with Gasteiger partial charge in [-0.2, -0.15) is 0 Å². The number of rotatable bonds is 4. The highest BCUT2D eigenvalue weighted by Crippen LogP contribution is 2.25. The average molecular weight is 251 g/mol. The van der Waals surface area contributed by atoms with Crippen LogP contribution < -0.4 is 10.6 Å². The number of aryl methyl sites for hydroxylation is 2. The predicted octanol–water partition coefficient (Wildman–Crippen LogP) is 2.57. The van der Waals surface area contributed by atoms with E-state index in [4.69, 9.17) is 18.0 Å². The van der Waals surface area contributed by atoms with Gasteiger partial charge in [0.2, 0.25) is 0 Å². The van der Waals surface area contributed by atoms with E-state index in [0.717, 1.165) is 29.2 Å². The number of hydrogen-bond donors (Lipinski definition) is 1. The fraction of sp³-hybridized carbons (Fsp3) is 0.538. The van der Waals surface area contributed by atoms with Gasteiger partial charge in [0, 0.05) is 24.0 Å². The van der Waals surface area contributed by atoms with Crippen molar-refractivity contribution >= 4 is 22.9 Å². The molecule has 0 amide bonds. The molecule has 4 heteroatoms. The molecular weight excluding hydrogens is 230 g/mol. The predicted molar refractivity (Wildman–Crippen MR) is 77.8 cm³/mol. The van der Waals surface area contributed by atoms with Gasteiger partial charge in [-0.25, -0.2) is 0 Å². The van der Waals surface area contributed by atoms with Crippen LogP contribution in [0.2, 0.25) is 0 Å². The van der Waals surface area contributed by atoms with Crippen molar-refractivity contribution in [3.05, 3.63) is 23.0 Å². The lowest BCUT2D eigenvalue weighted by Gasteiger charge is -2.30. The molecule has 3 nitrogen and oxygen atoms in total. The largest absolute Gasteiger partial charge is 0.389 e. The van der Waals surface area contributed by atoms with Gasteiger partial charge in [0.15, 0.2) is 0 Å². The zero-order valence-corrected chi connectivity index (χ0v) is 12.1. The third-order valence-corrected chi connectivity index (χ3v) is 3.03. The van der Waals surface area contributed by atoms with E-state index in [-0.39, 0.29) is 0 Å². The van der Waals surface area contributed by atoms with Crippen LogP contribution in [0, 0.1) is 13.8 Å². The molecule has 0 fully saturated rings. The minimum atomic E-state index is 0.411. The number of pyridine rings is 1. The maximum Gasteiger partial charge on any atom is 0.107 e. The Balaban J connectivity index is 3.43. The summed E-state index contributed by atoms with van der Waals surface area (Å²) in [4.78, 5) is 7.15. The van der Waals surface area contributed by atoms with Crippen molar-refractivity contribution in [1.29, 1.82) is 0 Å². The summed E-state index contributed by atoms with van der Waals surface area (Å²) in [5, 5.41) is 0. The summed E-state index contributed by atoms with van der Waals surface area (Å²) in [7, 11) is 0. The topological polar surface area (TPSA) is 42.2 Å². The summed E-state index contributed by atoms with van der Waals surface area (Å²) < 4.78 is 0. The van der Waals surface area contributed by atoms with Crippen LogP contribution in [0.3, 0.4) is 0 Å². The standard InChI is InChI=1S/C13H21N3S/c1-6-16(8(2)3)11-7-9(4)15-10(5)12(11)13(14)17/h7-8H,6H2,1-5H3,(H2,14,17). The Hall–Kier alpha value is -1.16. The van der Waals surface area contributed by atoms with Gasteiger partial charge in [0.05, 0.1) is 11.3 Å². The molecule has 0 unspecified atom stereocenters. The number of nitrogens with zero attached hydrogens (tertiary/aromatic N) is 2. The van der Waals surface area contributed by atoms with Crippen molar-refractivity contribution in [2.24, 2.45) is 5.73 Å². The van der Waals surface area contributed by atoms with Gasteiger partial charge in [-0.3, -0.25) is 4.98 Å². The molecule has 1 heterocycles. The van der Waals surface area contributed by atoms with Crippen LogP contribution in [-0.4, -0.2) is 22.6 Å². The molecule has 0 spiro atoms. The van der Waals surface area contributed by atoms with E-state index in [0.29, 0.717) is 11.0 Å². The van der Waals surface area contributed by atoms with Gasteiger partial charge >= 0.3 is 0 Å². The molecular formula is C13H21N3S. The van der Waals surface area contributed by atoms with Crippen molar-refractivity contribution in [3.8, 4) is 0 Å². The molecule has 0 bridgehead atoms. The van der Waals surface area contributed by atoms with Crippen LogP contribution in [0.25, 0.3) is 0 Å². The van der Waals surface area contributed by atoms with Gasteiger partial charge in [0.1, 0.15) is 4.99 Å². The van der Waals surface area contributed by atoms with Crippen molar-refractivity contribution in [3.63, 3.8) is 0 Å². The first-order chi connectivity index (χ1) is 7.88. The Bertz CT molecular complexity index is 427. The average Bonchev–Trinajstić information content (AvgIpc) is 2.15. The van der Waals surface area contributed by atoms with E-state index in [9.17, 15) is 0 Å². The third-order valence-electron chi connectivity index (χ3n) is 2.83. The highest BCUT2D eigenvalue weighted by Gasteiger charge is 2.17. The van der Waals surface area contributed by atoms with Gasteiger partial charge < -0.3 is 10.6 Å². The van der Waals surface area contributed by atoms with Crippen LogP contribution in [0.15, 0.2) is 6.07 Å². The van der Waals surface area contributed by atoms with Gasteiger partial charge in [-0.05, 0) is 40.7 Å². The lowest BCUT2D eigenvalue weighted by atomic mass is 10.1. The molecule has 0 aliphatic rings. The summed E-state index contributed by atoms with van der Waals surface area (Å²) >= 11 is 5.15. The smallest absolute Gasteiger partial charge is 0.107 e. The summed E-state index contributed by atoms with van der Waals surface area (Å²) in [6.07, 6.45) is 0. The molecule has 0 radical (unpaired) electrons. The van der Waals surface area contributed by atoms with Crippen molar-refractivity contribution in [1.82, 2.24) is 4.98 Å². The normalized spacial score (nSPS) is 10.7. The van der Waals surface area contributed by atoms with Crippen LogP contribution >= 0.6 is 12.2 Å². The van der Waals surface area contributed by atoms with E-state index in [1.807, 2.05) is 13.8 Å². The molecule has 0 aliphatic carbocycles. The maximum absolute atomic E-state index is 5.82. The molecule has 0 atom stereocenters. The quantitative estimate of drug-likeness (QED) is 0.835. The zero-order chi connectivity index (χ0) is 13.2. The Kier molecular flexibility index (Phi) is 4.46. The fourth-order valence-corrected chi connectivity index (χ4v) is 2.41. The number of anilines is 1. The Labute approximate surface area is 109 Å². The molecule has 1 rings (SSSR count). The molecule has 1 aromatic rings. The lowest BCUT2D eigenvalue weighted by Crippen LogP contribution is -2.33. The van der Waals surface area contributed by atoms with E-state index in [1.165, 1.54) is 0 Å². The molecule has 2 N–H and O–H groups in total. The van der Waals surface area contributed by atoms with Crippen LogP contribution in [-0.2, 0) is 0 Å². The molecule has 1 aromatic heterocycles. The molecule has 94 valence electrons. The highest BCUT2D eigenvalue weighted by molar-refractivity contribution is 7.80. The van der Waals surface area contributed by atoms with Gasteiger partial charge in [-0.15, -0.1) is 0 Å². The second-order valence-electron chi connectivity index (χ2n) is 4.49. The number of nitrogens with two attached hydrogens (primary N) is 1. The Morgan fingerprint density at radius 1 is 1.47 bits per heavy atom. The van der Waals surface area contributed by atoms with Gasteiger partial charge in [-0.1, -0.05) is 12.2 Å². The first-order valence-corrected chi connectivity index (χ1v) is 6.34. The molecule has 0 aromatic carbocycles. The SMILES string of the molecule is CCN(c1cc(C)nc(C)c1C(N)=S)C(C)C. The first kappa shape index (κ1) is 13.9. The highest BCUT2D eigenvalue weighted by atomic mass is 32.1. The molecule has 0 aliphatic heterocycles. The second kappa shape index (κ2) is 5.45. The fourth-order valence-electron chi connectivity index (χ4n) is 2.15. The summed E-state index contributed by atoms with van der Waals surface area (Å²) in [6.45, 7) is 11.3.